The van der Waals surface area contributed by atoms with Crippen molar-refractivity contribution in [3.63, 3.8) is 0 Å². The number of methoxy groups -OCH3 is 1. The summed E-state index contributed by atoms with van der Waals surface area (Å²) < 4.78 is 5.64. The lowest BCUT2D eigenvalue weighted by atomic mass is 9.90. The predicted octanol–water partition coefficient (Wildman–Crippen LogP) is 4.69. The van der Waals surface area contributed by atoms with E-state index in [1.807, 2.05) is 0 Å². The lowest BCUT2D eigenvalue weighted by molar-refractivity contribution is 0.378. The second-order valence-corrected chi connectivity index (χ2v) is 6.67. The Bertz CT molecular complexity index is 659. The molecule has 1 aliphatic rings. The molecule has 1 heterocycles. The summed E-state index contributed by atoms with van der Waals surface area (Å²) in [5, 5.41) is 0. The molecule has 2 nitrogen and oxygen atoms in total. The molecule has 0 spiro atoms. The quantitative estimate of drug-likeness (QED) is 0.792. The smallest absolute Gasteiger partial charge is 0.124 e. The fourth-order valence-corrected chi connectivity index (χ4v) is 4.00. The average molecular weight is 281 g/mol. The lowest BCUT2D eigenvalue weighted by Crippen LogP contribution is -2.45. The second kappa shape index (κ2) is 4.52. The van der Waals surface area contributed by atoms with Crippen LogP contribution in [0.4, 0.5) is 5.69 Å². The maximum atomic E-state index is 5.64. The second-order valence-electron chi connectivity index (χ2n) is 6.67. The minimum absolute atomic E-state index is 0.0747. The molecule has 21 heavy (non-hydrogen) atoms. The van der Waals surface area contributed by atoms with Gasteiger partial charge in [0.15, 0.2) is 0 Å². The maximum absolute atomic E-state index is 5.64. The molecule has 0 amide bonds. The average Bonchev–Trinajstić information content (AvgIpc) is 2.63. The van der Waals surface area contributed by atoms with Gasteiger partial charge in [0.25, 0.3) is 0 Å². The molecule has 2 aromatic rings. The van der Waals surface area contributed by atoms with Gasteiger partial charge in [0.2, 0.25) is 0 Å². The van der Waals surface area contributed by atoms with Crippen molar-refractivity contribution < 1.29 is 4.74 Å². The number of benzene rings is 2. The zero-order valence-corrected chi connectivity index (χ0v) is 13.5. The topological polar surface area (TPSA) is 12.5 Å². The van der Waals surface area contributed by atoms with Gasteiger partial charge in [0.05, 0.1) is 18.2 Å². The van der Waals surface area contributed by atoms with E-state index in [9.17, 15) is 0 Å². The normalized spacial score (nSPS) is 18.4. The van der Waals surface area contributed by atoms with Gasteiger partial charge in [-0.1, -0.05) is 30.3 Å². The van der Waals surface area contributed by atoms with Crippen LogP contribution in [0.25, 0.3) is 0 Å². The Morgan fingerprint density at radius 2 is 1.48 bits per heavy atom. The Morgan fingerprint density at radius 1 is 0.810 bits per heavy atom. The molecular formula is C19H23NO. The van der Waals surface area contributed by atoms with Crippen LogP contribution >= 0.6 is 0 Å². The van der Waals surface area contributed by atoms with Crippen molar-refractivity contribution in [2.75, 3.05) is 12.0 Å². The summed E-state index contributed by atoms with van der Waals surface area (Å²) in [7, 11) is 1.75. The molecule has 0 N–H and O–H groups in total. The highest BCUT2D eigenvalue weighted by Gasteiger charge is 2.50. The van der Waals surface area contributed by atoms with E-state index in [0.29, 0.717) is 0 Å². The molecule has 2 heteroatoms. The minimum Gasteiger partial charge on any atom is -0.496 e. The van der Waals surface area contributed by atoms with Crippen LogP contribution in [0.3, 0.4) is 0 Å². The maximum Gasteiger partial charge on any atom is 0.124 e. The Morgan fingerprint density at radius 3 is 2.10 bits per heavy atom. The highest BCUT2D eigenvalue weighted by molar-refractivity contribution is 5.65. The van der Waals surface area contributed by atoms with Crippen LogP contribution < -0.4 is 9.64 Å². The molecule has 0 aliphatic carbocycles. The lowest BCUT2D eigenvalue weighted by Gasteiger charge is -2.43. The molecule has 1 aliphatic heterocycles. The third kappa shape index (κ3) is 1.85. The summed E-state index contributed by atoms with van der Waals surface area (Å²) in [4.78, 5) is 2.49. The molecule has 2 aromatic carbocycles. The van der Waals surface area contributed by atoms with Gasteiger partial charge in [-0.05, 0) is 51.5 Å². The summed E-state index contributed by atoms with van der Waals surface area (Å²) >= 11 is 0. The van der Waals surface area contributed by atoms with Crippen molar-refractivity contribution in [1.29, 1.82) is 0 Å². The van der Waals surface area contributed by atoms with Crippen LogP contribution in [-0.2, 0) is 11.1 Å². The van der Waals surface area contributed by atoms with Crippen molar-refractivity contribution >= 4 is 5.69 Å². The number of para-hydroxylation sites is 1. The van der Waals surface area contributed by atoms with Crippen LogP contribution in [0.5, 0.6) is 5.75 Å². The van der Waals surface area contributed by atoms with Gasteiger partial charge >= 0.3 is 0 Å². The number of hydrogen-bond acceptors (Lipinski definition) is 2. The Hall–Kier alpha value is -1.96. The van der Waals surface area contributed by atoms with Crippen molar-refractivity contribution in [3.05, 3.63) is 59.7 Å². The van der Waals surface area contributed by atoms with E-state index in [2.05, 4.69) is 81.1 Å². The SMILES string of the molecule is COc1cccc2c1C(C)(C)N(c1ccccc1)C2(C)C. The predicted molar refractivity (Wildman–Crippen MR) is 88.0 cm³/mol. The summed E-state index contributed by atoms with van der Waals surface area (Å²) in [6.07, 6.45) is 0. The molecule has 0 fully saturated rings. The number of nitrogens with zero attached hydrogens (tertiary/aromatic N) is 1. The first-order valence-corrected chi connectivity index (χ1v) is 7.44. The Balaban J connectivity index is 2.27. The number of hydrogen-bond donors (Lipinski definition) is 0. The van der Waals surface area contributed by atoms with Crippen LogP contribution in [0.15, 0.2) is 48.5 Å². The zero-order valence-electron chi connectivity index (χ0n) is 13.5. The largest absolute Gasteiger partial charge is 0.496 e. The van der Waals surface area contributed by atoms with Gasteiger partial charge < -0.3 is 9.64 Å². The van der Waals surface area contributed by atoms with Gasteiger partial charge in [-0.25, -0.2) is 0 Å². The monoisotopic (exact) mass is 281 g/mol. The Labute approximate surface area is 127 Å². The fraction of sp³-hybridized carbons (Fsp3) is 0.368. The summed E-state index contributed by atoms with van der Waals surface area (Å²) in [5.74, 6) is 0.976. The molecule has 110 valence electrons. The molecule has 0 saturated carbocycles. The zero-order chi connectivity index (χ0) is 15.3. The summed E-state index contributed by atoms with van der Waals surface area (Å²) in [6.45, 7) is 9.12. The van der Waals surface area contributed by atoms with Crippen molar-refractivity contribution in [2.24, 2.45) is 0 Å². The van der Waals surface area contributed by atoms with E-state index in [-0.39, 0.29) is 11.1 Å². The van der Waals surface area contributed by atoms with Gasteiger partial charge in [-0.3, -0.25) is 0 Å². The molecule has 0 bridgehead atoms. The third-order valence-corrected chi connectivity index (χ3v) is 4.65. The van der Waals surface area contributed by atoms with Crippen molar-refractivity contribution in [2.45, 2.75) is 38.8 Å². The van der Waals surface area contributed by atoms with E-state index >= 15 is 0 Å². The minimum atomic E-state index is -0.118. The molecule has 0 radical (unpaired) electrons. The van der Waals surface area contributed by atoms with Gasteiger partial charge in [0, 0.05) is 11.3 Å². The van der Waals surface area contributed by atoms with Crippen molar-refractivity contribution in [3.8, 4) is 5.75 Å². The molecule has 0 aromatic heterocycles. The first kappa shape index (κ1) is 14.0. The van der Waals surface area contributed by atoms with Crippen LogP contribution in [0, 0.1) is 0 Å². The summed E-state index contributed by atoms with van der Waals surface area (Å²) in [5.41, 5.74) is 3.68. The molecule has 0 atom stereocenters. The van der Waals surface area contributed by atoms with E-state index in [4.69, 9.17) is 4.74 Å². The van der Waals surface area contributed by atoms with Crippen molar-refractivity contribution in [1.82, 2.24) is 0 Å². The Kier molecular flexibility index (Phi) is 3.01. The number of rotatable bonds is 2. The molecule has 0 saturated heterocycles. The number of fused-ring (bicyclic) bond motifs is 1. The van der Waals surface area contributed by atoms with E-state index in [0.717, 1.165) is 5.75 Å². The highest BCUT2D eigenvalue weighted by Crippen LogP contribution is 2.54. The van der Waals surface area contributed by atoms with E-state index < -0.39 is 0 Å². The van der Waals surface area contributed by atoms with Gasteiger partial charge in [-0.15, -0.1) is 0 Å². The van der Waals surface area contributed by atoms with E-state index in [1.165, 1.54) is 16.8 Å². The summed E-state index contributed by atoms with van der Waals surface area (Å²) in [6, 6.07) is 17.0. The van der Waals surface area contributed by atoms with Gasteiger partial charge in [-0.2, -0.15) is 0 Å². The first-order chi connectivity index (χ1) is 9.90. The van der Waals surface area contributed by atoms with Gasteiger partial charge in [0.1, 0.15) is 5.75 Å². The molecule has 0 unspecified atom stereocenters. The molecular weight excluding hydrogens is 258 g/mol. The van der Waals surface area contributed by atoms with E-state index in [1.54, 1.807) is 7.11 Å². The van der Waals surface area contributed by atoms with Crippen LogP contribution in [-0.4, -0.2) is 7.11 Å². The standard InChI is InChI=1S/C19H23NO/c1-18(2)15-12-9-13-16(21-5)17(15)19(3,4)20(18)14-10-7-6-8-11-14/h6-13H,1-5H3. The fourth-order valence-electron chi connectivity index (χ4n) is 4.00. The van der Waals surface area contributed by atoms with Crippen LogP contribution in [0.2, 0.25) is 0 Å². The molecule has 3 rings (SSSR count). The number of anilines is 1. The van der Waals surface area contributed by atoms with Crippen LogP contribution in [0.1, 0.15) is 38.8 Å². The first-order valence-electron chi connectivity index (χ1n) is 7.44. The highest BCUT2D eigenvalue weighted by atomic mass is 16.5. The number of ether oxygens (including phenoxy) is 1. The third-order valence-electron chi connectivity index (χ3n) is 4.65.